The van der Waals surface area contributed by atoms with Crippen molar-refractivity contribution in [3.63, 3.8) is 0 Å². The molecule has 1 fully saturated rings. The maximum absolute atomic E-state index is 13.3. The first kappa shape index (κ1) is 21.8. The number of benzene rings is 1. The molecule has 164 valence electrons. The van der Waals surface area contributed by atoms with Crippen LogP contribution >= 0.6 is 22.9 Å². The Morgan fingerprint density at radius 1 is 1.13 bits per heavy atom. The van der Waals surface area contributed by atoms with Crippen molar-refractivity contribution in [1.82, 2.24) is 19.7 Å². The van der Waals surface area contributed by atoms with Crippen molar-refractivity contribution in [2.24, 2.45) is 0 Å². The molecule has 7 nitrogen and oxygen atoms in total. The van der Waals surface area contributed by atoms with Crippen LogP contribution in [0.5, 0.6) is 0 Å². The van der Waals surface area contributed by atoms with Crippen LogP contribution in [-0.2, 0) is 5.54 Å². The molecule has 0 atom stereocenters. The van der Waals surface area contributed by atoms with Gasteiger partial charge in [-0.15, -0.1) is 0 Å². The van der Waals surface area contributed by atoms with E-state index in [1.807, 2.05) is 25.7 Å². The molecule has 0 radical (unpaired) electrons. The number of nitrogens with zero attached hydrogens (tertiary/aromatic N) is 4. The van der Waals surface area contributed by atoms with Gasteiger partial charge in [0.15, 0.2) is 16.5 Å². The van der Waals surface area contributed by atoms with Gasteiger partial charge in [0, 0.05) is 23.7 Å². The summed E-state index contributed by atoms with van der Waals surface area (Å²) in [5.74, 6) is -0.360. The fourth-order valence-electron chi connectivity index (χ4n) is 3.69. The number of hydrogen-bond acceptors (Lipinski definition) is 5. The minimum absolute atomic E-state index is 0.0636. The number of anilines is 1. The molecule has 1 N–H and O–H groups in total. The van der Waals surface area contributed by atoms with Crippen molar-refractivity contribution in [3.8, 4) is 0 Å². The number of amides is 2. The van der Waals surface area contributed by atoms with Gasteiger partial charge in [-0.25, -0.2) is 4.68 Å². The first-order chi connectivity index (χ1) is 14.7. The summed E-state index contributed by atoms with van der Waals surface area (Å²) < 4.78 is 2.48. The molecule has 0 aliphatic carbocycles. The molecule has 1 aromatic carbocycles. The molecule has 3 aromatic rings. The molecule has 31 heavy (non-hydrogen) atoms. The highest BCUT2D eigenvalue weighted by molar-refractivity contribution is 7.22. The Morgan fingerprint density at radius 2 is 1.84 bits per heavy atom. The lowest BCUT2D eigenvalue weighted by molar-refractivity contribution is 0.0756. The summed E-state index contributed by atoms with van der Waals surface area (Å²) in [6.45, 7) is 7.55. The normalized spacial score (nSPS) is 15.2. The van der Waals surface area contributed by atoms with Gasteiger partial charge >= 0.3 is 0 Å². The smallest absolute Gasteiger partial charge is 0.275 e. The first-order valence-corrected chi connectivity index (χ1v) is 11.7. The molecule has 0 unspecified atom stereocenters. The molecule has 1 aliphatic rings. The number of hydrogen-bond donors (Lipinski definition) is 1. The standard InChI is InChI=1S/C22H26ClN5O2S/c1-22(2,3)28-18-17(16(26-28)20(30)27-11-6-4-5-7-12-27)31-21(24-18)25-19(29)14-9-8-10-15(23)13-14/h8-10,13H,4-7,11-12H2,1-3H3,(H,24,25,29). The Hall–Kier alpha value is -2.45. The lowest BCUT2D eigenvalue weighted by atomic mass is 10.1. The highest BCUT2D eigenvalue weighted by Gasteiger charge is 2.29. The maximum atomic E-state index is 13.3. The Kier molecular flexibility index (Phi) is 6.03. The van der Waals surface area contributed by atoms with E-state index in [4.69, 9.17) is 11.6 Å². The summed E-state index contributed by atoms with van der Waals surface area (Å²) in [7, 11) is 0. The zero-order chi connectivity index (χ0) is 22.2. The first-order valence-electron chi connectivity index (χ1n) is 10.5. The highest BCUT2D eigenvalue weighted by atomic mass is 35.5. The molecule has 1 saturated heterocycles. The predicted octanol–water partition coefficient (Wildman–Crippen LogP) is 5.17. The largest absolute Gasteiger partial charge is 0.337 e. The molecular weight excluding hydrogens is 434 g/mol. The van der Waals surface area contributed by atoms with E-state index >= 15 is 0 Å². The molecular formula is C22H26ClN5O2S. The number of carbonyl (C=O) groups excluding carboxylic acids is 2. The lowest BCUT2D eigenvalue weighted by Crippen LogP contribution is -2.32. The quantitative estimate of drug-likeness (QED) is 0.585. The number of aromatic nitrogens is 3. The fourth-order valence-corrected chi connectivity index (χ4v) is 4.79. The summed E-state index contributed by atoms with van der Waals surface area (Å²) >= 11 is 7.28. The molecule has 4 rings (SSSR count). The summed E-state index contributed by atoms with van der Waals surface area (Å²) in [6, 6.07) is 6.74. The van der Waals surface area contributed by atoms with Crippen LogP contribution in [0.2, 0.25) is 5.02 Å². The molecule has 0 bridgehead atoms. The van der Waals surface area contributed by atoms with E-state index in [-0.39, 0.29) is 17.4 Å². The zero-order valence-electron chi connectivity index (χ0n) is 17.9. The van der Waals surface area contributed by atoms with Gasteiger partial charge in [0.1, 0.15) is 4.70 Å². The predicted molar refractivity (Wildman–Crippen MR) is 124 cm³/mol. The van der Waals surface area contributed by atoms with E-state index in [0.717, 1.165) is 38.8 Å². The molecule has 2 aromatic heterocycles. The average Bonchev–Trinajstić information content (AvgIpc) is 3.13. The van der Waals surface area contributed by atoms with Gasteiger partial charge in [0.05, 0.1) is 5.54 Å². The van der Waals surface area contributed by atoms with Crippen molar-refractivity contribution in [1.29, 1.82) is 0 Å². The van der Waals surface area contributed by atoms with Crippen molar-refractivity contribution in [2.45, 2.75) is 52.0 Å². The SMILES string of the molecule is CC(C)(C)n1nc(C(=O)N2CCCCCC2)c2sc(NC(=O)c3cccc(Cl)c3)nc21. The maximum Gasteiger partial charge on any atom is 0.275 e. The third kappa shape index (κ3) is 4.60. The lowest BCUT2D eigenvalue weighted by Gasteiger charge is -2.20. The van der Waals surface area contributed by atoms with E-state index in [9.17, 15) is 9.59 Å². The zero-order valence-corrected chi connectivity index (χ0v) is 19.5. The van der Waals surface area contributed by atoms with E-state index in [1.165, 1.54) is 11.3 Å². The van der Waals surface area contributed by atoms with Crippen LogP contribution < -0.4 is 5.32 Å². The summed E-state index contributed by atoms with van der Waals surface area (Å²) in [5.41, 5.74) is 1.10. The van der Waals surface area contributed by atoms with Gasteiger partial charge in [-0.3, -0.25) is 14.9 Å². The van der Waals surface area contributed by atoms with Crippen LogP contribution in [0.4, 0.5) is 5.13 Å². The third-order valence-corrected chi connectivity index (χ3v) is 6.47. The number of thiazole rings is 1. The topological polar surface area (TPSA) is 80.1 Å². The fraction of sp³-hybridized carbons (Fsp3) is 0.455. The van der Waals surface area contributed by atoms with Crippen LogP contribution in [-0.4, -0.2) is 44.6 Å². The number of rotatable bonds is 3. The molecule has 3 heterocycles. The van der Waals surface area contributed by atoms with E-state index in [2.05, 4.69) is 15.4 Å². The molecule has 1 aliphatic heterocycles. The van der Waals surface area contributed by atoms with E-state index in [0.29, 0.717) is 31.8 Å². The molecule has 0 spiro atoms. The summed E-state index contributed by atoms with van der Waals surface area (Å²) in [4.78, 5) is 32.5. The van der Waals surface area contributed by atoms with Crippen LogP contribution in [0.25, 0.3) is 10.3 Å². The summed E-state index contributed by atoms with van der Waals surface area (Å²) in [5, 5.41) is 8.42. The van der Waals surface area contributed by atoms with Gasteiger partial charge in [-0.1, -0.05) is 41.8 Å². The number of likely N-dealkylation sites (tertiary alicyclic amines) is 1. The van der Waals surface area contributed by atoms with Crippen LogP contribution in [0, 0.1) is 0 Å². The minimum atomic E-state index is -0.363. The second-order valence-electron chi connectivity index (χ2n) is 8.77. The number of fused-ring (bicyclic) bond motifs is 1. The minimum Gasteiger partial charge on any atom is -0.337 e. The number of halogens is 1. The van der Waals surface area contributed by atoms with Crippen LogP contribution in [0.1, 0.15) is 67.3 Å². The molecule has 0 saturated carbocycles. The average molecular weight is 460 g/mol. The Morgan fingerprint density at radius 3 is 2.48 bits per heavy atom. The van der Waals surface area contributed by atoms with Crippen molar-refractivity contribution >= 4 is 50.2 Å². The van der Waals surface area contributed by atoms with Crippen LogP contribution in [0.3, 0.4) is 0 Å². The number of carbonyl (C=O) groups is 2. The summed E-state index contributed by atoms with van der Waals surface area (Å²) in [6.07, 6.45) is 4.32. The second kappa shape index (κ2) is 8.59. The second-order valence-corrected chi connectivity index (χ2v) is 10.2. The number of nitrogens with one attached hydrogen (secondary N) is 1. The van der Waals surface area contributed by atoms with Crippen LogP contribution in [0.15, 0.2) is 24.3 Å². The Balaban J connectivity index is 1.70. The van der Waals surface area contributed by atoms with Gasteiger partial charge in [-0.2, -0.15) is 10.1 Å². The third-order valence-electron chi connectivity index (χ3n) is 5.26. The van der Waals surface area contributed by atoms with Crippen molar-refractivity contribution in [3.05, 3.63) is 40.5 Å². The molecule has 9 heteroatoms. The van der Waals surface area contributed by atoms with Gasteiger partial charge in [0.25, 0.3) is 11.8 Å². The van der Waals surface area contributed by atoms with Gasteiger partial charge < -0.3 is 4.90 Å². The van der Waals surface area contributed by atoms with E-state index < -0.39 is 0 Å². The Bertz CT molecular complexity index is 1120. The van der Waals surface area contributed by atoms with Gasteiger partial charge in [-0.05, 0) is 51.8 Å². The monoisotopic (exact) mass is 459 g/mol. The molecule has 2 amide bonds. The van der Waals surface area contributed by atoms with E-state index in [1.54, 1.807) is 28.9 Å². The Labute approximate surface area is 190 Å². The highest BCUT2D eigenvalue weighted by Crippen LogP contribution is 2.33. The van der Waals surface area contributed by atoms with Crippen molar-refractivity contribution < 1.29 is 9.59 Å². The van der Waals surface area contributed by atoms with Crippen molar-refractivity contribution in [2.75, 3.05) is 18.4 Å². The van der Waals surface area contributed by atoms with Gasteiger partial charge in [0.2, 0.25) is 0 Å².